The number of hydrogen-bond donors (Lipinski definition) is 1. The minimum atomic E-state index is -0.929. The largest absolute Gasteiger partial charge is 0.507 e. The van der Waals surface area contributed by atoms with Crippen LogP contribution >= 0.6 is 34.7 Å². The molecule has 5 aromatic rings. The highest BCUT2D eigenvalue weighted by Crippen LogP contribution is 2.44. The highest BCUT2D eigenvalue weighted by molar-refractivity contribution is 8.00. The molecule has 2 heterocycles. The molecule has 0 radical (unpaired) electrons. The van der Waals surface area contributed by atoms with Gasteiger partial charge in [0.15, 0.2) is 4.34 Å². The van der Waals surface area contributed by atoms with E-state index in [2.05, 4.69) is 34.5 Å². The Labute approximate surface area is 274 Å². The Morgan fingerprint density at radius 1 is 0.933 bits per heavy atom. The Hall–Kier alpha value is -4.44. The van der Waals surface area contributed by atoms with E-state index in [1.165, 1.54) is 33.6 Å². The van der Waals surface area contributed by atoms with E-state index in [1.807, 2.05) is 38.1 Å². The third kappa shape index (κ3) is 6.66. The third-order valence-electron chi connectivity index (χ3n) is 7.50. The normalized spacial score (nSPS) is 15.9. The number of hydrogen-bond acceptors (Lipinski definition) is 8. The van der Waals surface area contributed by atoms with Gasteiger partial charge in [0, 0.05) is 16.3 Å². The van der Waals surface area contributed by atoms with Gasteiger partial charge < -0.3 is 9.84 Å². The van der Waals surface area contributed by atoms with Gasteiger partial charge in [-0.1, -0.05) is 101 Å². The van der Waals surface area contributed by atoms with Crippen LogP contribution in [0.2, 0.25) is 5.02 Å². The van der Waals surface area contributed by atoms with Crippen LogP contribution in [0, 0.1) is 13.8 Å². The van der Waals surface area contributed by atoms with Gasteiger partial charge in [-0.25, -0.2) is 0 Å². The van der Waals surface area contributed by atoms with Gasteiger partial charge in [0.1, 0.15) is 18.1 Å². The van der Waals surface area contributed by atoms with Gasteiger partial charge in [0.25, 0.3) is 5.78 Å². The minimum absolute atomic E-state index is 0.0417. The number of thioether (sulfide) groups is 1. The molecular weight excluding hydrogens is 626 g/mol. The van der Waals surface area contributed by atoms with Gasteiger partial charge in [0.05, 0.1) is 11.6 Å². The average Bonchev–Trinajstić information content (AvgIpc) is 3.62. The number of anilines is 1. The number of carbonyl (C=O) groups excluding carboxylic acids is 2. The summed E-state index contributed by atoms with van der Waals surface area (Å²) >= 11 is 8.89. The van der Waals surface area contributed by atoms with E-state index >= 15 is 0 Å². The number of aromatic nitrogens is 2. The standard InChI is InChI=1S/C35H28ClN3O4S2/c1-21-7-9-23(10-8-21)20-44-35-38-37-34(45-35)39-30(24-11-15-27(36)16-12-24)29(32(41)33(39)42)31(40)25-13-17-28(18-14-25)43-19-26-6-4-3-5-22(26)2/h3-18,30,40H,19-20H2,1-2H3/b31-29+. The summed E-state index contributed by atoms with van der Waals surface area (Å²) < 4.78 is 6.60. The van der Waals surface area contributed by atoms with E-state index < -0.39 is 17.7 Å². The van der Waals surface area contributed by atoms with Gasteiger partial charge in [-0.3, -0.25) is 14.5 Å². The van der Waals surface area contributed by atoms with Crippen LogP contribution < -0.4 is 9.64 Å². The summed E-state index contributed by atoms with van der Waals surface area (Å²) in [6, 6.07) is 28.9. The van der Waals surface area contributed by atoms with Crippen molar-refractivity contribution in [2.75, 3.05) is 4.90 Å². The molecule has 1 aromatic heterocycles. The number of amides is 1. The predicted octanol–water partition coefficient (Wildman–Crippen LogP) is 8.31. The third-order valence-corrected chi connectivity index (χ3v) is 9.88. The molecule has 45 heavy (non-hydrogen) atoms. The molecule has 1 N–H and O–H groups in total. The van der Waals surface area contributed by atoms with Gasteiger partial charge in [-0.15, -0.1) is 10.2 Å². The Bertz CT molecular complexity index is 1890. The van der Waals surface area contributed by atoms with Gasteiger partial charge >= 0.3 is 5.91 Å². The number of Topliss-reactive ketones (excluding diaryl/α,β-unsaturated/α-hetero) is 1. The van der Waals surface area contributed by atoms with E-state index in [0.29, 0.717) is 38.6 Å². The van der Waals surface area contributed by atoms with E-state index in [4.69, 9.17) is 16.3 Å². The molecule has 1 atom stereocenters. The quantitative estimate of drug-likeness (QED) is 0.0562. The van der Waals surface area contributed by atoms with E-state index in [-0.39, 0.29) is 16.5 Å². The smallest absolute Gasteiger partial charge is 0.301 e. The van der Waals surface area contributed by atoms with Gasteiger partial charge in [-0.2, -0.15) is 0 Å². The summed E-state index contributed by atoms with van der Waals surface area (Å²) in [6.45, 7) is 4.46. The highest BCUT2D eigenvalue weighted by Gasteiger charge is 2.48. The van der Waals surface area contributed by atoms with Crippen LogP contribution in [0.25, 0.3) is 5.76 Å². The van der Waals surface area contributed by atoms with Crippen molar-refractivity contribution >= 4 is 57.3 Å². The zero-order chi connectivity index (χ0) is 31.5. The average molecular weight is 654 g/mol. The zero-order valence-corrected chi connectivity index (χ0v) is 26.8. The first-order valence-corrected chi connectivity index (χ1v) is 16.3. The first-order valence-electron chi connectivity index (χ1n) is 14.1. The van der Waals surface area contributed by atoms with Crippen molar-refractivity contribution in [3.8, 4) is 5.75 Å². The molecule has 1 amide bonds. The summed E-state index contributed by atoms with van der Waals surface area (Å²) in [6.07, 6.45) is 0. The van der Waals surface area contributed by atoms with Crippen LogP contribution in [0.5, 0.6) is 5.75 Å². The molecule has 1 aliphatic rings. The van der Waals surface area contributed by atoms with Crippen LogP contribution in [0.1, 0.15) is 39.4 Å². The maximum atomic E-state index is 13.5. The Morgan fingerprint density at radius 2 is 1.64 bits per heavy atom. The lowest BCUT2D eigenvalue weighted by Crippen LogP contribution is -2.29. The van der Waals surface area contributed by atoms with Crippen LogP contribution in [0.4, 0.5) is 5.13 Å². The Morgan fingerprint density at radius 3 is 2.36 bits per heavy atom. The summed E-state index contributed by atoms with van der Waals surface area (Å²) in [4.78, 5) is 28.4. The molecule has 1 saturated heterocycles. The molecule has 1 unspecified atom stereocenters. The van der Waals surface area contributed by atoms with Crippen molar-refractivity contribution in [2.24, 2.45) is 0 Å². The Kier molecular flexibility index (Phi) is 9.02. The minimum Gasteiger partial charge on any atom is -0.507 e. The molecule has 7 nitrogen and oxygen atoms in total. The number of aryl methyl sites for hydroxylation is 2. The number of benzene rings is 4. The topological polar surface area (TPSA) is 92.6 Å². The summed E-state index contributed by atoms with van der Waals surface area (Å²) in [5.74, 6) is -0.606. The number of carbonyl (C=O) groups is 2. The van der Waals surface area contributed by atoms with Crippen molar-refractivity contribution in [1.82, 2.24) is 10.2 Å². The maximum absolute atomic E-state index is 13.5. The number of ketones is 1. The molecular formula is C35H28ClN3O4S2. The predicted molar refractivity (Wildman–Crippen MR) is 179 cm³/mol. The fourth-order valence-corrected chi connectivity index (χ4v) is 6.92. The molecule has 1 aliphatic heterocycles. The number of aliphatic hydroxyl groups excluding tert-OH is 1. The molecule has 1 fully saturated rings. The molecule has 4 aromatic carbocycles. The molecule has 0 aliphatic carbocycles. The summed E-state index contributed by atoms with van der Waals surface area (Å²) in [5, 5.41) is 20.9. The lowest BCUT2D eigenvalue weighted by Gasteiger charge is -2.22. The molecule has 0 spiro atoms. The van der Waals surface area contributed by atoms with Crippen LogP contribution in [-0.4, -0.2) is 27.0 Å². The fraction of sp³-hybridized carbons (Fsp3) is 0.143. The van der Waals surface area contributed by atoms with E-state index in [1.54, 1.807) is 48.5 Å². The SMILES string of the molecule is Cc1ccc(CSc2nnc(N3C(=O)C(=O)/C(=C(/O)c4ccc(OCc5ccccc5C)cc4)C3c3ccc(Cl)cc3)s2)cc1. The van der Waals surface area contributed by atoms with E-state index in [9.17, 15) is 14.7 Å². The molecule has 6 rings (SSSR count). The van der Waals surface area contributed by atoms with Crippen molar-refractivity contribution in [3.63, 3.8) is 0 Å². The van der Waals surface area contributed by atoms with Crippen molar-refractivity contribution in [3.05, 3.63) is 141 Å². The second-order valence-electron chi connectivity index (χ2n) is 10.6. The molecule has 0 saturated carbocycles. The first kappa shape index (κ1) is 30.6. The second kappa shape index (κ2) is 13.3. The highest BCUT2D eigenvalue weighted by atomic mass is 35.5. The number of ether oxygens (including phenoxy) is 1. The Balaban J connectivity index is 1.29. The lowest BCUT2D eigenvalue weighted by molar-refractivity contribution is -0.132. The lowest BCUT2D eigenvalue weighted by atomic mass is 9.95. The number of aliphatic hydroxyl groups is 1. The molecule has 10 heteroatoms. The summed E-state index contributed by atoms with van der Waals surface area (Å²) in [5.41, 5.74) is 5.45. The number of halogens is 1. The van der Waals surface area contributed by atoms with E-state index in [0.717, 1.165) is 16.7 Å². The summed E-state index contributed by atoms with van der Waals surface area (Å²) in [7, 11) is 0. The van der Waals surface area contributed by atoms with Crippen LogP contribution in [-0.2, 0) is 21.9 Å². The monoisotopic (exact) mass is 653 g/mol. The molecule has 0 bridgehead atoms. The van der Waals surface area contributed by atoms with Gasteiger partial charge in [0.2, 0.25) is 5.13 Å². The van der Waals surface area contributed by atoms with Crippen molar-refractivity contribution in [2.45, 2.75) is 36.6 Å². The zero-order valence-electron chi connectivity index (χ0n) is 24.4. The number of rotatable bonds is 9. The number of nitrogens with zero attached hydrogens (tertiary/aromatic N) is 3. The molecule has 226 valence electrons. The second-order valence-corrected chi connectivity index (χ2v) is 13.2. The van der Waals surface area contributed by atoms with Crippen molar-refractivity contribution in [1.29, 1.82) is 0 Å². The van der Waals surface area contributed by atoms with Gasteiger partial charge in [-0.05, 0) is 72.5 Å². The maximum Gasteiger partial charge on any atom is 0.301 e. The van der Waals surface area contributed by atoms with Crippen LogP contribution in [0.3, 0.4) is 0 Å². The fourth-order valence-electron chi connectivity index (χ4n) is 4.98. The first-order chi connectivity index (χ1) is 21.8. The van der Waals surface area contributed by atoms with Crippen molar-refractivity contribution < 1.29 is 19.4 Å². The van der Waals surface area contributed by atoms with Crippen LogP contribution in [0.15, 0.2) is 107 Å².